The van der Waals surface area contributed by atoms with Gasteiger partial charge in [0.1, 0.15) is 0 Å². The Morgan fingerprint density at radius 2 is 2.11 bits per heavy atom. The van der Waals surface area contributed by atoms with E-state index in [9.17, 15) is 0 Å². The summed E-state index contributed by atoms with van der Waals surface area (Å²) in [7, 11) is 0. The van der Waals surface area contributed by atoms with Crippen LogP contribution >= 0.6 is 0 Å². The minimum absolute atomic E-state index is 0.511. The van der Waals surface area contributed by atoms with Crippen molar-refractivity contribution in [2.24, 2.45) is 5.92 Å². The lowest BCUT2D eigenvalue weighted by atomic mass is 9.98. The molecule has 2 atom stereocenters. The normalized spacial score (nSPS) is 14.7. The van der Waals surface area contributed by atoms with E-state index in [1.54, 1.807) is 0 Å². The van der Waals surface area contributed by atoms with Crippen LogP contribution in [-0.4, -0.2) is 22.9 Å². The Balaban J connectivity index is 2.54. The summed E-state index contributed by atoms with van der Waals surface area (Å²) in [5.74, 6) is 0.718. The lowest BCUT2D eigenvalue weighted by Crippen LogP contribution is -2.24. The molecule has 1 aromatic heterocycles. The molecule has 0 aliphatic carbocycles. The Kier molecular flexibility index (Phi) is 7.02. The van der Waals surface area contributed by atoms with Gasteiger partial charge in [0.15, 0.2) is 0 Å². The first kappa shape index (κ1) is 15.2. The molecule has 0 bridgehead atoms. The van der Waals surface area contributed by atoms with E-state index in [4.69, 9.17) is 5.10 Å². The van der Waals surface area contributed by atoms with Crippen molar-refractivity contribution < 1.29 is 0 Å². The lowest BCUT2D eigenvalue weighted by molar-refractivity contribution is 0.429. The fourth-order valence-corrected chi connectivity index (χ4v) is 2.25. The van der Waals surface area contributed by atoms with Gasteiger partial charge in [-0.05, 0) is 51.3 Å². The van der Waals surface area contributed by atoms with Crippen LogP contribution < -0.4 is 5.32 Å². The van der Waals surface area contributed by atoms with E-state index in [0.29, 0.717) is 6.04 Å². The standard InChI is InChI=1S/C15H29N3/c1-5-8-14(12-16-7-3)11-15-9-10-18(17-15)13(4)6-2/h9-10,13-14,16H,5-8,11-12H2,1-4H3. The summed E-state index contributed by atoms with van der Waals surface area (Å²) >= 11 is 0. The van der Waals surface area contributed by atoms with Gasteiger partial charge in [-0.2, -0.15) is 5.10 Å². The summed E-state index contributed by atoms with van der Waals surface area (Å²) in [5.41, 5.74) is 1.24. The van der Waals surface area contributed by atoms with Gasteiger partial charge in [-0.1, -0.05) is 27.2 Å². The highest BCUT2D eigenvalue weighted by atomic mass is 15.3. The first-order valence-corrected chi connectivity index (χ1v) is 7.45. The molecule has 0 fully saturated rings. The van der Waals surface area contributed by atoms with E-state index in [0.717, 1.165) is 31.8 Å². The second kappa shape index (κ2) is 8.30. The first-order chi connectivity index (χ1) is 8.71. The molecule has 0 spiro atoms. The average molecular weight is 251 g/mol. The Hall–Kier alpha value is -0.830. The van der Waals surface area contributed by atoms with Gasteiger partial charge in [0, 0.05) is 12.2 Å². The summed E-state index contributed by atoms with van der Waals surface area (Å²) in [6.07, 6.45) is 6.90. The first-order valence-electron chi connectivity index (χ1n) is 7.45. The maximum atomic E-state index is 4.70. The van der Waals surface area contributed by atoms with E-state index in [1.165, 1.54) is 18.5 Å². The maximum absolute atomic E-state index is 4.70. The molecule has 2 unspecified atom stereocenters. The van der Waals surface area contributed by atoms with Gasteiger partial charge in [0.25, 0.3) is 0 Å². The number of rotatable bonds is 9. The van der Waals surface area contributed by atoms with Crippen molar-refractivity contribution in [3.8, 4) is 0 Å². The molecule has 0 aliphatic heterocycles. The monoisotopic (exact) mass is 251 g/mol. The molecule has 104 valence electrons. The molecule has 1 aromatic rings. The Morgan fingerprint density at radius 1 is 1.33 bits per heavy atom. The van der Waals surface area contributed by atoms with Crippen molar-refractivity contribution in [1.29, 1.82) is 0 Å². The number of hydrogen-bond donors (Lipinski definition) is 1. The zero-order valence-electron chi connectivity index (χ0n) is 12.4. The van der Waals surface area contributed by atoms with Gasteiger partial charge in [-0.15, -0.1) is 0 Å². The Morgan fingerprint density at radius 3 is 2.72 bits per heavy atom. The highest BCUT2D eigenvalue weighted by Gasteiger charge is 2.11. The molecule has 3 nitrogen and oxygen atoms in total. The molecule has 1 heterocycles. The van der Waals surface area contributed by atoms with Crippen molar-refractivity contribution in [2.75, 3.05) is 13.1 Å². The Labute approximate surface area is 112 Å². The van der Waals surface area contributed by atoms with Crippen molar-refractivity contribution in [3.63, 3.8) is 0 Å². The molecule has 0 aliphatic rings. The largest absolute Gasteiger partial charge is 0.317 e. The van der Waals surface area contributed by atoms with Crippen LogP contribution in [0.1, 0.15) is 58.7 Å². The quantitative estimate of drug-likeness (QED) is 0.729. The zero-order valence-corrected chi connectivity index (χ0v) is 12.4. The molecular weight excluding hydrogens is 222 g/mol. The molecular formula is C15H29N3. The van der Waals surface area contributed by atoms with E-state index in [1.807, 2.05) is 0 Å². The van der Waals surface area contributed by atoms with Crippen molar-refractivity contribution in [1.82, 2.24) is 15.1 Å². The van der Waals surface area contributed by atoms with Crippen LogP contribution in [0.5, 0.6) is 0 Å². The summed E-state index contributed by atoms with van der Waals surface area (Å²) in [5, 5.41) is 8.16. The number of aromatic nitrogens is 2. The third kappa shape index (κ3) is 4.81. The molecule has 0 amide bonds. The van der Waals surface area contributed by atoms with E-state index >= 15 is 0 Å². The molecule has 1 rings (SSSR count). The molecule has 3 heteroatoms. The van der Waals surface area contributed by atoms with Crippen LogP contribution in [0.25, 0.3) is 0 Å². The molecule has 18 heavy (non-hydrogen) atoms. The predicted octanol–water partition coefficient (Wildman–Crippen LogP) is 3.42. The van der Waals surface area contributed by atoms with Gasteiger partial charge in [-0.25, -0.2) is 0 Å². The van der Waals surface area contributed by atoms with Crippen molar-refractivity contribution in [2.45, 2.75) is 59.4 Å². The van der Waals surface area contributed by atoms with Crippen molar-refractivity contribution >= 4 is 0 Å². The summed E-state index contributed by atoms with van der Waals surface area (Å²) in [6, 6.07) is 2.69. The van der Waals surface area contributed by atoms with Gasteiger partial charge < -0.3 is 5.32 Å². The molecule has 0 aromatic carbocycles. The molecule has 0 saturated carbocycles. The minimum Gasteiger partial charge on any atom is -0.317 e. The maximum Gasteiger partial charge on any atom is 0.0627 e. The van der Waals surface area contributed by atoms with E-state index < -0.39 is 0 Å². The number of hydrogen-bond acceptors (Lipinski definition) is 2. The minimum atomic E-state index is 0.511. The van der Waals surface area contributed by atoms with Crippen LogP contribution in [0.4, 0.5) is 0 Å². The highest BCUT2D eigenvalue weighted by molar-refractivity contribution is 5.01. The van der Waals surface area contributed by atoms with E-state index in [-0.39, 0.29) is 0 Å². The highest BCUT2D eigenvalue weighted by Crippen LogP contribution is 2.15. The second-order valence-corrected chi connectivity index (χ2v) is 5.21. The fourth-order valence-electron chi connectivity index (χ4n) is 2.25. The number of nitrogens with one attached hydrogen (secondary N) is 1. The Bertz CT molecular complexity index is 319. The van der Waals surface area contributed by atoms with Gasteiger partial charge in [-0.3, -0.25) is 4.68 Å². The van der Waals surface area contributed by atoms with Crippen LogP contribution in [0.15, 0.2) is 12.3 Å². The third-order valence-corrected chi connectivity index (χ3v) is 3.58. The van der Waals surface area contributed by atoms with E-state index in [2.05, 4.69) is 50.0 Å². The predicted molar refractivity (Wildman–Crippen MR) is 77.9 cm³/mol. The zero-order chi connectivity index (χ0) is 13.4. The SMILES string of the molecule is CCCC(CNCC)Cc1ccn(C(C)CC)n1. The summed E-state index contributed by atoms with van der Waals surface area (Å²) < 4.78 is 2.10. The third-order valence-electron chi connectivity index (χ3n) is 3.58. The van der Waals surface area contributed by atoms with Crippen LogP contribution in [0.3, 0.4) is 0 Å². The summed E-state index contributed by atoms with van der Waals surface area (Å²) in [6.45, 7) is 11.0. The smallest absolute Gasteiger partial charge is 0.0627 e. The number of nitrogens with zero attached hydrogens (tertiary/aromatic N) is 2. The van der Waals surface area contributed by atoms with Crippen molar-refractivity contribution in [3.05, 3.63) is 18.0 Å². The topological polar surface area (TPSA) is 29.9 Å². The molecule has 1 N–H and O–H groups in total. The lowest BCUT2D eigenvalue weighted by Gasteiger charge is -2.15. The molecule has 0 saturated heterocycles. The van der Waals surface area contributed by atoms with Crippen LogP contribution in [0, 0.1) is 5.92 Å². The van der Waals surface area contributed by atoms with Gasteiger partial charge >= 0.3 is 0 Å². The fraction of sp³-hybridized carbons (Fsp3) is 0.800. The van der Waals surface area contributed by atoms with Gasteiger partial charge in [0.05, 0.1) is 5.69 Å². The van der Waals surface area contributed by atoms with Crippen LogP contribution in [0.2, 0.25) is 0 Å². The molecule has 0 radical (unpaired) electrons. The second-order valence-electron chi connectivity index (χ2n) is 5.21. The van der Waals surface area contributed by atoms with Crippen LogP contribution in [-0.2, 0) is 6.42 Å². The average Bonchev–Trinajstić information content (AvgIpc) is 2.83. The van der Waals surface area contributed by atoms with Gasteiger partial charge in [0.2, 0.25) is 0 Å². The summed E-state index contributed by atoms with van der Waals surface area (Å²) in [4.78, 5) is 0.